The molecule has 1 atom stereocenters. The van der Waals surface area contributed by atoms with E-state index < -0.39 is 0 Å². The molecule has 0 spiro atoms. The van der Waals surface area contributed by atoms with E-state index in [1.54, 1.807) is 22.9 Å². The molecule has 6 rings (SSSR count). The lowest BCUT2D eigenvalue weighted by Crippen LogP contribution is -2.35. The minimum absolute atomic E-state index is 0.215. The molecule has 0 saturated carbocycles. The molecule has 33 heavy (non-hydrogen) atoms. The van der Waals surface area contributed by atoms with Crippen LogP contribution in [0.1, 0.15) is 17.5 Å². The lowest BCUT2D eigenvalue weighted by atomic mass is 9.92. The van der Waals surface area contributed by atoms with Crippen LogP contribution in [-0.2, 0) is 17.7 Å². The number of aromatic nitrogens is 3. The monoisotopic (exact) mass is 445 g/mol. The fraction of sp³-hybridized carbons (Fsp3) is 0.320. The number of nitrogens with zero attached hydrogens (tertiary/aromatic N) is 3. The van der Waals surface area contributed by atoms with Gasteiger partial charge in [-0.05, 0) is 41.7 Å². The molecule has 0 amide bonds. The Morgan fingerprint density at radius 3 is 3.06 bits per heavy atom. The first-order valence-electron chi connectivity index (χ1n) is 11.1. The first kappa shape index (κ1) is 20.0. The lowest BCUT2D eigenvalue weighted by molar-refractivity contribution is 0.0486. The summed E-state index contributed by atoms with van der Waals surface area (Å²) in [5.74, 6) is 1.35. The average Bonchev–Trinajstić information content (AvgIpc) is 2.87. The third kappa shape index (κ3) is 3.87. The number of hydrogen-bond acceptors (Lipinski definition) is 7. The minimum Gasteiger partial charge on any atom is -0.478 e. The van der Waals surface area contributed by atoms with Gasteiger partial charge in [0.05, 0.1) is 18.9 Å². The van der Waals surface area contributed by atoms with Gasteiger partial charge in [-0.3, -0.25) is 4.57 Å². The van der Waals surface area contributed by atoms with Crippen molar-refractivity contribution in [2.24, 2.45) is 0 Å². The van der Waals surface area contributed by atoms with Gasteiger partial charge in [0.1, 0.15) is 13.2 Å². The van der Waals surface area contributed by atoms with Crippen LogP contribution >= 0.6 is 0 Å². The smallest absolute Gasteiger partial charge is 0.351 e. The Kier molecular flexibility index (Phi) is 5.07. The molecule has 5 heterocycles. The number of ether oxygens (including phenoxy) is 4. The molecule has 8 heteroatoms. The van der Waals surface area contributed by atoms with Crippen molar-refractivity contribution in [2.75, 3.05) is 26.4 Å². The van der Waals surface area contributed by atoms with Crippen LogP contribution in [0.15, 0.2) is 53.5 Å². The first-order valence-corrected chi connectivity index (χ1v) is 11.1. The van der Waals surface area contributed by atoms with Crippen LogP contribution in [0.2, 0.25) is 0 Å². The molecule has 2 aromatic heterocycles. The molecular formula is C25H23N3O5. The summed E-state index contributed by atoms with van der Waals surface area (Å²) in [6.07, 6.45) is 5.20. The Morgan fingerprint density at radius 1 is 1.18 bits per heavy atom. The molecule has 0 bridgehead atoms. The number of benzene rings is 1. The van der Waals surface area contributed by atoms with Crippen LogP contribution in [0.4, 0.5) is 0 Å². The maximum Gasteiger partial charge on any atom is 0.351 e. The van der Waals surface area contributed by atoms with E-state index in [0.717, 1.165) is 30.7 Å². The molecule has 168 valence electrons. The molecule has 0 fully saturated rings. The SMILES string of the molecule is O=c1nc(OCC2COc3ncccc3O2)cc2n1CCc1cc(C3=CCOCC3)ccc1-2. The molecule has 8 nitrogen and oxygen atoms in total. The van der Waals surface area contributed by atoms with Crippen LogP contribution in [0.5, 0.6) is 17.5 Å². The summed E-state index contributed by atoms with van der Waals surface area (Å²) in [4.78, 5) is 21.0. The number of pyridine rings is 1. The largest absolute Gasteiger partial charge is 0.478 e. The predicted molar refractivity (Wildman–Crippen MR) is 121 cm³/mol. The quantitative estimate of drug-likeness (QED) is 0.611. The zero-order valence-electron chi connectivity index (χ0n) is 18.0. The van der Waals surface area contributed by atoms with Crippen molar-refractivity contribution in [3.05, 3.63) is 70.3 Å². The maximum absolute atomic E-state index is 12.7. The molecule has 0 saturated heterocycles. The summed E-state index contributed by atoms with van der Waals surface area (Å²) < 4.78 is 24.5. The van der Waals surface area contributed by atoms with E-state index in [0.29, 0.717) is 31.4 Å². The molecule has 3 aliphatic rings. The Morgan fingerprint density at radius 2 is 2.15 bits per heavy atom. The van der Waals surface area contributed by atoms with Crippen LogP contribution in [0.25, 0.3) is 16.8 Å². The normalized spacial score (nSPS) is 18.7. The second-order valence-corrected chi connectivity index (χ2v) is 8.26. The number of fused-ring (bicyclic) bond motifs is 4. The molecule has 3 aliphatic heterocycles. The summed E-state index contributed by atoms with van der Waals surface area (Å²) in [5.41, 5.74) is 5.33. The highest BCUT2D eigenvalue weighted by Gasteiger charge is 2.24. The van der Waals surface area contributed by atoms with Gasteiger partial charge < -0.3 is 18.9 Å². The van der Waals surface area contributed by atoms with Crippen molar-refractivity contribution in [1.82, 2.24) is 14.5 Å². The van der Waals surface area contributed by atoms with Crippen LogP contribution < -0.4 is 19.9 Å². The minimum atomic E-state index is -0.315. The summed E-state index contributed by atoms with van der Waals surface area (Å²) in [5, 5.41) is 0. The van der Waals surface area contributed by atoms with Crippen molar-refractivity contribution < 1.29 is 18.9 Å². The molecule has 0 aliphatic carbocycles. The Bertz CT molecular complexity index is 1300. The van der Waals surface area contributed by atoms with Gasteiger partial charge in [0.25, 0.3) is 5.88 Å². The lowest BCUT2D eigenvalue weighted by Gasteiger charge is -2.26. The summed E-state index contributed by atoms with van der Waals surface area (Å²) in [7, 11) is 0. The van der Waals surface area contributed by atoms with Gasteiger partial charge in [0.2, 0.25) is 5.88 Å². The summed E-state index contributed by atoms with van der Waals surface area (Å²) >= 11 is 0. The second kappa shape index (κ2) is 8.37. The molecule has 0 radical (unpaired) electrons. The Hall–Kier alpha value is -3.65. The molecule has 3 aromatic rings. The van der Waals surface area contributed by atoms with Crippen molar-refractivity contribution in [3.63, 3.8) is 0 Å². The highest BCUT2D eigenvalue weighted by molar-refractivity contribution is 5.73. The third-order valence-electron chi connectivity index (χ3n) is 6.16. The van der Waals surface area contributed by atoms with E-state index in [1.165, 1.54) is 16.7 Å². The molecule has 1 unspecified atom stereocenters. The van der Waals surface area contributed by atoms with E-state index in [9.17, 15) is 4.79 Å². The number of rotatable bonds is 4. The average molecular weight is 445 g/mol. The van der Waals surface area contributed by atoms with Gasteiger partial charge in [0.15, 0.2) is 11.9 Å². The highest BCUT2D eigenvalue weighted by Crippen LogP contribution is 2.33. The molecule has 0 N–H and O–H groups in total. The van der Waals surface area contributed by atoms with Gasteiger partial charge in [0, 0.05) is 24.4 Å². The van der Waals surface area contributed by atoms with E-state index in [2.05, 4.69) is 34.2 Å². The zero-order chi connectivity index (χ0) is 22.2. The number of hydrogen-bond donors (Lipinski definition) is 0. The standard InChI is InChI=1S/C25H23N3O5/c29-25-27-23(31-14-19-15-32-24-22(33-19)2-1-8-26-24)13-21-20-4-3-17(16-6-10-30-11-7-16)12-18(20)5-9-28(21)25/h1-4,6,8,12-13,19H,5,7,9-11,14-15H2. The van der Waals surface area contributed by atoms with E-state index in [-0.39, 0.29) is 24.3 Å². The maximum atomic E-state index is 12.7. The second-order valence-electron chi connectivity index (χ2n) is 8.26. The topological polar surface area (TPSA) is 84.7 Å². The van der Waals surface area contributed by atoms with Gasteiger partial charge in [-0.15, -0.1) is 0 Å². The van der Waals surface area contributed by atoms with Gasteiger partial charge in [-0.2, -0.15) is 4.98 Å². The van der Waals surface area contributed by atoms with Gasteiger partial charge >= 0.3 is 5.69 Å². The number of aryl methyl sites for hydroxylation is 1. The van der Waals surface area contributed by atoms with Crippen molar-refractivity contribution in [1.29, 1.82) is 0 Å². The Balaban J connectivity index is 1.24. The highest BCUT2D eigenvalue weighted by atomic mass is 16.6. The molecule has 1 aromatic carbocycles. The van der Waals surface area contributed by atoms with Crippen molar-refractivity contribution in [2.45, 2.75) is 25.5 Å². The van der Waals surface area contributed by atoms with Gasteiger partial charge in [-0.25, -0.2) is 9.78 Å². The van der Waals surface area contributed by atoms with E-state index in [1.807, 2.05) is 6.07 Å². The van der Waals surface area contributed by atoms with Crippen molar-refractivity contribution >= 4 is 5.57 Å². The third-order valence-corrected chi connectivity index (χ3v) is 6.16. The Labute approximate surface area is 190 Å². The van der Waals surface area contributed by atoms with E-state index in [4.69, 9.17) is 18.9 Å². The summed E-state index contributed by atoms with van der Waals surface area (Å²) in [6, 6.07) is 11.9. The zero-order valence-corrected chi connectivity index (χ0v) is 18.0. The summed E-state index contributed by atoms with van der Waals surface area (Å²) in [6.45, 7) is 2.55. The van der Waals surface area contributed by atoms with Crippen LogP contribution in [0, 0.1) is 0 Å². The van der Waals surface area contributed by atoms with E-state index >= 15 is 0 Å². The van der Waals surface area contributed by atoms with Gasteiger partial charge in [-0.1, -0.05) is 24.3 Å². The fourth-order valence-corrected chi connectivity index (χ4v) is 4.49. The molecular weight excluding hydrogens is 422 g/mol. The first-order chi connectivity index (χ1) is 16.2. The fourth-order valence-electron chi connectivity index (χ4n) is 4.49. The predicted octanol–water partition coefficient (Wildman–Crippen LogP) is 2.88. The van der Waals surface area contributed by atoms with Crippen molar-refractivity contribution in [3.8, 4) is 28.8 Å². The van der Waals surface area contributed by atoms with Crippen LogP contribution in [0.3, 0.4) is 0 Å². The van der Waals surface area contributed by atoms with Crippen LogP contribution in [-0.4, -0.2) is 47.1 Å².